The number of nitrogens with two attached hydrogens (primary N) is 1. The van der Waals surface area contributed by atoms with Crippen LogP contribution in [-0.2, 0) is 16.6 Å². The Balaban J connectivity index is 2.61. The van der Waals surface area contributed by atoms with Gasteiger partial charge in [-0.3, -0.25) is 0 Å². The summed E-state index contributed by atoms with van der Waals surface area (Å²) in [6.45, 7) is 4.62. The monoisotopic (exact) mass is 294 g/mol. The van der Waals surface area contributed by atoms with Gasteiger partial charge in [-0.1, -0.05) is 37.8 Å². The summed E-state index contributed by atoms with van der Waals surface area (Å²) in [4.78, 5) is 0. The molecule has 110 valence electrons. The summed E-state index contributed by atoms with van der Waals surface area (Å²) in [5, 5.41) is 0. The van der Waals surface area contributed by atoms with E-state index in [0.717, 1.165) is 11.1 Å². The van der Waals surface area contributed by atoms with Crippen LogP contribution in [0.3, 0.4) is 0 Å². The van der Waals surface area contributed by atoms with Gasteiger partial charge >= 0.3 is 0 Å². The Bertz CT molecular complexity index is 583. The molecule has 0 radical (unpaired) electrons. The summed E-state index contributed by atoms with van der Waals surface area (Å²) in [7, 11) is -3.21. The van der Waals surface area contributed by atoms with Crippen molar-refractivity contribution >= 4 is 10.0 Å². The fraction of sp³-hybridized carbons (Fsp3) is 0.467. The van der Waals surface area contributed by atoms with Gasteiger partial charge in [-0.25, -0.2) is 13.1 Å². The Morgan fingerprint density at radius 1 is 1.35 bits per heavy atom. The molecule has 0 saturated heterocycles. The van der Waals surface area contributed by atoms with Crippen molar-refractivity contribution in [2.24, 2.45) is 11.7 Å². The third kappa shape index (κ3) is 6.71. The van der Waals surface area contributed by atoms with Crippen molar-refractivity contribution in [2.45, 2.75) is 26.8 Å². The molecule has 0 aliphatic carbocycles. The molecule has 0 atom stereocenters. The van der Waals surface area contributed by atoms with Crippen LogP contribution < -0.4 is 10.5 Å². The molecule has 1 rings (SSSR count). The Morgan fingerprint density at radius 2 is 2.10 bits per heavy atom. The molecule has 0 aliphatic rings. The quantitative estimate of drug-likeness (QED) is 0.780. The molecule has 1 aromatic rings. The Morgan fingerprint density at radius 3 is 2.75 bits per heavy atom. The standard InChI is InChI=1S/C15H22N2O2S/c1-13(2)8-10-20(18,19)17-12-15-6-3-5-14(11-15)7-4-9-16/h3,5-6,11,13,17H,8-10,12,16H2,1-2H3. The lowest BCUT2D eigenvalue weighted by Gasteiger charge is -2.08. The zero-order valence-corrected chi connectivity index (χ0v) is 12.8. The molecule has 0 bridgehead atoms. The van der Waals surface area contributed by atoms with E-state index in [-0.39, 0.29) is 5.75 Å². The summed E-state index contributed by atoms with van der Waals surface area (Å²) in [5.41, 5.74) is 7.06. The molecular formula is C15H22N2O2S. The van der Waals surface area contributed by atoms with Gasteiger partial charge in [-0.15, -0.1) is 0 Å². The molecule has 0 heterocycles. The minimum atomic E-state index is -3.21. The first-order chi connectivity index (χ1) is 9.43. The van der Waals surface area contributed by atoms with E-state index in [0.29, 0.717) is 25.4 Å². The molecule has 5 heteroatoms. The van der Waals surface area contributed by atoms with Crippen LogP contribution >= 0.6 is 0 Å². The maximum absolute atomic E-state index is 11.8. The summed E-state index contributed by atoms with van der Waals surface area (Å²) in [5.74, 6) is 6.25. The van der Waals surface area contributed by atoms with Crippen LogP contribution in [0.25, 0.3) is 0 Å². The molecule has 0 fully saturated rings. The molecule has 0 saturated carbocycles. The maximum Gasteiger partial charge on any atom is 0.211 e. The SMILES string of the molecule is CC(C)CCS(=O)(=O)NCc1cccc(C#CCN)c1. The average molecular weight is 294 g/mol. The second-order valence-electron chi connectivity index (χ2n) is 5.03. The van der Waals surface area contributed by atoms with Crippen LogP contribution in [0.15, 0.2) is 24.3 Å². The van der Waals surface area contributed by atoms with Crippen LogP contribution in [0.4, 0.5) is 0 Å². The van der Waals surface area contributed by atoms with Gasteiger partial charge in [0.05, 0.1) is 12.3 Å². The highest BCUT2D eigenvalue weighted by Gasteiger charge is 2.10. The normalized spacial score (nSPS) is 11.2. The van der Waals surface area contributed by atoms with Gasteiger partial charge in [0.1, 0.15) is 0 Å². The summed E-state index contributed by atoms with van der Waals surface area (Å²) in [6, 6.07) is 7.48. The predicted octanol–water partition coefficient (Wildman–Crippen LogP) is 1.46. The van der Waals surface area contributed by atoms with Crippen molar-refractivity contribution in [3.05, 3.63) is 35.4 Å². The summed E-state index contributed by atoms with van der Waals surface area (Å²) < 4.78 is 26.2. The third-order valence-corrected chi connectivity index (χ3v) is 4.08. The number of hydrogen-bond donors (Lipinski definition) is 2. The molecule has 3 N–H and O–H groups in total. The number of hydrogen-bond acceptors (Lipinski definition) is 3. The van der Waals surface area contributed by atoms with Crippen molar-refractivity contribution in [1.82, 2.24) is 4.72 Å². The Labute approximate surface area is 121 Å². The second kappa shape index (κ2) is 8.05. The molecule has 4 nitrogen and oxygen atoms in total. The predicted molar refractivity (Wildman–Crippen MR) is 82.5 cm³/mol. The third-order valence-electron chi connectivity index (χ3n) is 2.72. The van der Waals surface area contributed by atoms with Gasteiger partial charge in [0.25, 0.3) is 0 Å². The summed E-state index contributed by atoms with van der Waals surface area (Å²) in [6.07, 6.45) is 0.664. The minimum Gasteiger partial charge on any atom is -0.320 e. The molecule has 1 aromatic carbocycles. The van der Waals surface area contributed by atoms with Crippen LogP contribution in [0, 0.1) is 17.8 Å². The number of rotatable bonds is 6. The molecule has 0 amide bonds. The van der Waals surface area contributed by atoms with Crippen molar-refractivity contribution in [2.75, 3.05) is 12.3 Å². The minimum absolute atomic E-state index is 0.164. The Hall–Kier alpha value is -1.35. The number of nitrogens with one attached hydrogen (secondary N) is 1. The first kappa shape index (κ1) is 16.7. The highest BCUT2D eigenvalue weighted by molar-refractivity contribution is 7.89. The van der Waals surface area contributed by atoms with Crippen LogP contribution in [-0.4, -0.2) is 20.7 Å². The lowest BCUT2D eigenvalue weighted by molar-refractivity contribution is 0.561. The van der Waals surface area contributed by atoms with Gasteiger partial charge in [0.15, 0.2) is 0 Å². The van der Waals surface area contributed by atoms with Crippen LogP contribution in [0.1, 0.15) is 31.4 Å². The van der Waals surface area contributed by atoms with Crippen molar-refractivity contribution < 1.29 is 8.42 Å². The zero-order valence-electron chi connectivity index (χ0n) is 12.0. The number of sulfonamides is 1. The van der Waals surface area contributed by atoms with E-state index in [1.54, 1.807) is 0 Å². The molecule has 0 spiro atoms. The molecular weight excluding hydrogens is 272 g/mol. The van der Waals surface area contributed by atoms with E-state index in [4.69, 9.17) is 5.73 Å². The highest BCUT2D eigenvalue weighted by Crippen LogP contribution is 2.06. The van der Waals surface area contributed by atoms with E-state index in [2.05, 4.69) is 16.6 Å². The lowest BCUT2D eigenvalue weighted by atomic mass is 10.1. The van der Waals surface area contributed by atoms with Crippen molar-refractivity contribution in [3.8, 4) is 11.8 Å². The van der Waals surface area contributed by atoms with Crippen molar-refractivity contribution in [1.29, 1.82) is 0 Å². The van der Waals surface area contributed by atoms with E-state index < -0.39 is 10.0 Å². The maximum atomic E-state index is 11.8. The average Bonchev–Trinajstić information content (AvgIpc) is 2.41. The van der Waals surface area contributed by atoms with Gasteiger partial charge in [0, 0.05) is 12.1 Å². The Kier molecular flexibility index (Phi) is 6.73. The fourth-order valence-electron chi connectivity index (χ4n) is 1.57. The lowest BCUT2D eigenvalue weighted by Crippen LogP contribution is -2.26. The van der Waals surface area contributed by atoms with Crippen LogP contribution in [0.2, 0.25) is 0 Å². The van der Waals surface area contributed by atoms with E-state index >= 15 is 0 Å². The van der Waals surface area contributed by atoms with Gasteiger partial charge < -0.3 is 5.73 Å². The molecule has 0 unspecified atom stereocenters. The highest BCUT2D eigenvalue weighted by atomic mass is 32.2. The van der Waals surface area contributed by atoms with Gasteiger partial charge in [-0.2, -0.15) is 0 Å². The molecule has 0 aromatic heterocycles. The fourth-order valence-corrected chi connectivity index (χ4v) is 2.88. The van der Waals surface area contributed by atoms with Crippen LogP contribution in [0.5, 0.6) is 0 Å². The first-order valence-electron chi connectivity index (χ1n) is 6.68. The van der Waals surface area contributed by atoms with E-state index in [1.165, 1.54) is 0 Å². The topological polar surface area (TPSA) is 72.2 Å². The van der Waals surface area contributed by atoms with Crippen molar-refractivity contribution in [3.63, 3.8) is 0 Å². The molecule has 0 aliphatic heterocycles. The first-order valence-corrected chi connectivity index (χ1v) is 8.33. The number of benzene rings is 1. The van der Waals surface area contributed by atoms with E-state index in [1.807, 2.05) is 38.1 Å². The smallest absolute Gasteiger partial charge is 0.211 e. The second-order valence-corrected chi connectivity index (χ2v) is 6.96. The van der Waals surface area contributed by atoms with Gasteiger partial charge in [0.2, 0.25) is 10.0 Å². The summed E-state index contributed by atoms with van der Waals surface area (Å²) >= 11 is 0. The van der Waals surface area contributed by atoms with E-state index in [9.17, 15) is 8.42 Å². The largest absolute Gasteiger partial charge is 0.320 e. The van der Waals surface area contributed by atoms with Gasteiger partial charge in [-0.05, 0) is 30.0 Å². The molecule has 20 heavy (non-hydrogen) atoms. The zero-order chi connectivity index (χ0) is 15.0.